The van der Waals surface area contributed by atoms with Gasteiger partial charge < -0.3 is 4.74 Å². The molecule has 1 aromatic carbocycles. The van der Waals surface area contributed by atoms with Gasteiger partial charge in [-0.1, -0.05) is 6.07 Å². The molecule has 0 spiro atoms. The highest BCUT2D eigenvalue weighted by molar-refractivity contribution is 7.09. The maximum Gasteiger partial charge on any atom is 0.119 e. The number of thiazole rings is 1. The Kier molecular flexibility index (Phi) is 5.15. The summed E-state index contributed by atoms with van der Waals surface area (Å²) < 4.78 is 5.86. The van der Waals surface area contributed by atoms with Crippen LogP contribution in [0.15, 0.2) is 23.6 Å². The molecule has 3 rings (SSSR count). The summed E-state index contributed by atoms with van der Waals surface area (Å²) in [5.41, 5.74) is 3.97. The molecule has 21 heavy (non-hydrogen) atoms. The lowest BCUT2D eigenvalue weighted by molar-refractivity contribution is 0.306. The van der Waals surface area contributed by atoms with Crippen molar-refractivity contribution in [3.8, 4) is 5.75 Å². The highest BCUT2D eigenvalue weighted by atomic mass is 35.5. The Bertz CT molecular complexity index is 596. The predicted octanol–water partition coefficient (Wildman–Crippen LogP) is 4.77. The van der Waals surface area contributed by atoms with Gasteiger partial charge in [-0.15, -0.1) is 22.9 Å². The summed E-state index contributed by atoms with van der Waals surface area (Å²) in [4.78, 5) is 4.47. The maximum absolute atomic E-state index is 5.86. The quantitative estimate of drug-likeness (QED) is 0.541. The first-order valence-corrected chi connectivity index (χ1v) is 9.00. The molecule has 0 bridgehead atoms. The van der Waals surface area contributed by atoms with E-state index in [1.165, 1.54) is 35.4 Å². The lowest BCUT2D eigenvalue weighted by Crippen LogP contribution is -1.99. The fraction of sp³-hybridized carbons (Fsp3) is 0.471. The van der Waals surface area contributed by atoms with Crippen LogP contribution >= 0.6 is 22.9 Å². The van der Waals surface area contributed by atoms with E-state index in [1.54, 1.807) is 11.3 Å². The molecule has 0 amide bonds. The summed E-state index contributed by atoms with van der Waals surface area (Å²) in [6.07, 6.45) is 6.92. The van der Waals surface area contributed by atoms with Crippen molar-refractivity contribution in [2.75, 3.05) is 6.61 Å². The topological polar surface area (TPSA) is 22.1 Å². The van der Waals surface area contributed by atoms with E-state index in [2.05, 4.69) is 23.2 Å². The van der Waals surface area contributed by atoms with Crippen LogP contribution in [-0.2, 0) is 25.1 Å². The molecule has 1 aliphatic carbocycles. The van der Waals surface area contributed by atoms with E-state index in [0.29, 0.717) is 5.88 Å². The summed E-state index contributed by atoms with van der Waals surface area (Å²) in [5.74, 6) is 1.53. The number of alkyl halides is 1. The molecule has 0 saturated heterocycles. The summed E-state index contributed by atoms with van der Waals surface area (Å²) in [6, 6.07) is 6.55. The number of rotatable bonds is 7. The summed E-state index contributed by atoms with van der Waals surface area (Å²) in [7, 11) is 0. The SMILES string of the molecule is ClCc1csc(CCCCOc2ccc3c(c2)CCC3)n1. The highest BCUT2D eigenvalue weighted by Crippen LogP contribution is 2.26. The van der Waals surface area contributed by atoms with Crippen LogP contribution in [0.5, 0.6) is 5.75 Å². The van der Waals surface area contributed by atoms with E-state index in [1.807, 2.05) is 5.38 Å². The van der Waals surface area contributed by atoms with E-state index in [-0.39, 0.29) is 0 Å². The molecule has 1 heterocycles. The van der Waals surface area contributed by atoms with E-state index < -0.39 is 0 Å². The zero-order chi connectivity index (χ0) is 14.5. The lowest BCUT2D eigenvalue weighted by Gasteiger charge is -2.07. The van der Waals surface area contributed by atoms with Crippen LogP contribution in [0.25, 0.3) is 0 Å². The number of unbranched alkanes of at least 4 members (excludes halogenated alkanes) is 1. The summed E-state index contributed by atoms with van der Waals surface area (Å²) >= 11 is 7.46. The lowest BCUT2D eigenvalue weighted by atomic mass is 10.1. The maximum atomic E-state index is 5.86. The average Bonchev–Trinajstić information content (AvgIpc) is 3.15. The first-order valence-electron chi connectivity index (χ1n) is 7.59. The van der Waals surface area contributed by atoms with Gasteiger partial charge >= 0.3 is 0 Å². The van der Waals surface area contributed by atoms with Gasteiger partial charge in [-0.3, -0.25) is 0 Å². The summed E-state index contributed by atoms with van der Waals surface area (Å²) in [6.45, 7) is 0.784. The third-order valence-electron chi connectivity index (χ3n) is 3.86. The van der Waals surface area contributed by atoms with Crippen LogP contribution in [0, 0.1) is 0 Å². The number of fused-ring (bicyclic) bond motifs is 1. The zero-order valence-corrected chi connectivity index (χ0v) is 13.7. The Morgan fingerprint density at radius 1 is 1.19 bits per heavy atom. The number of aryl methyl sites for hydroxylation is 3. The normalized spacial score (nSPS) is 13.4. The van der Waals surface area contributed by atoms with E-state index in [9.17, 15) is 0 Å². The zero-order valence-electron chi connectivity index (χ0n) is 12.1. The van der Waals surface area contributed by atoms with Crippen LogP contribution in [0.2, 0.25) is 0 Å². The van der Waals surface area contributed by atoms with Crippen molar-refractivity contribution in [2.24, 2.45) is 0 Å². The Morgan fingerprint density at radius 2 is 2.10 bits per heavy atom. The number of aromatic nitrogens is 1. The Hall–Kier alpha value is -1.06. The second-order valence-electron chi connectivity index (χ2n) is 5.46. The molecule has 0 atom stereocenters. The molecule has 0 radical (unpaired) electrons. The van der Waals surface area contributed by atoms with Crippen molar-refractivity contribution >= 4 is 22.9 Å². The number of ether oxygens (including phenoxy) is 1. The Morgan fingerprint density at radius 3 is 2.95 bits per heavy atom. The molecule has 0 saturated carbocycles. The second-order valence-corrected chi connectivity index (χ2v) is 6.67. The number of nitrogens with zero attached hydrogens (tertiary/aromatic N) is 1. The molecule has 2 nitrogen and oxygen atoms in total. The first kappa shape index (κ1) is 14.9. The van der Waals surface area contributed by atoms with Crippen LogP contribution in [0.1, 0.15) is 41.1 Å². The molecule has 0 N–H and O–H groups in total. The largest absolute Gasteiger partial charge is 0.494 e. The van der Waals surface area contributed by atoms with Crippen LogP contribution < -0.4 is 4.74 Å². The number of benzene rings is 1. The fourth-order valence-corrected chi connectivity index (χ4v) is 3.80. The molecular weight excluding hydrogens is 302 g/mol. The van der Waals surface area contributed by atoms with Gasteiger partial charge in [-0.2, -0.15) is 0 Å². The van der Waals surface area contributed by atoms with Crippen molar-refractivity contribution in [3.05, 3.63) is 45.4 Å². The molecular formula is C17H20ClNOS. The third-order valence-corrected chi connectivity index (χ3v) is 5.09. The van der Waals surface area contributed by atoms with Gasteiger partial charge in [0.25, 0.3) is 0 Å². The molecule has 112 valence electrons. The van der Waals surface area contributed by atoms with Crippen molar-refractivity contribution in [2.45, 2.75) is 44.4 Å². The van der Waals surface area contributed by atoms with Gasteiger partial charge in [0, 0.05) is 5.38 Å². The molecule has 0 aliphatic heterocycles. The minimum absolute atomic E-state index is 0.512. The molecule has 4 heteroatoms. The minimum atomic E-state index is 0.512. The van der Waals surface area contributed by atoms with E-state index in [4.69, 9.17) is 16.3 Å². The average molecular weight is 322 g/mol. The van der Waals surface area contributed by atoms with Gasteiger partial charge in [0.05, 0.1) is 23.2 Å². The molecule has 1 aliphatic rings. The second kappa shape index (κ2) is 7.28. The first-order chi connectivity index (χ1) is 10.3. The standard InChI is InChI=1S/C17H20ClNOS/c18-11-15-12-21-17(19-15)6-1-2-9-20-16-8-7-13-4-3-5-14(13)10-16/h7-8,10,12H,1-6,9,11H2. The third kappa shape index (κ3) is 3.98. The molecule has 0 fully saturated rings. The van der Waals surface area contributed by atoms with Crippen LogP contribution in [0.3, 0.4) is 0 Å². The number of hydrogen-bond acceptors (Lipinski definition) is 3. The van der Waals surface area contributed by atoms with Crippen LogP contribution in [-0.4, -0.2) is 11.6 Å². The van der Waals surface area contributed by atoms with Crippen LogP contribution in [0.4, 0.5) is 0 Å². The smallest absolute Gasteiger partial charge is 0.119 e. The Balaban J connectivity index is 1.38. The highest BCUT2D eigenvalue weighted by Gasteiger charge is 2.11. The monoisotopic (exact) mass is 321 g/mol. The van der Waals surface area contributed by atoms with Gasteiger partial charge in [0.2, 0.25) is 0 Å². The van der Waals surface area contributed by atoms with Gasteiger partial charge in [-0.05, 0) is 61.8 Å². The van der Waals surface area contributed by atoms with Crippen molar-refractivity contribution < 1.29 is 4.74 Å². The van der Waals surface area contributed by atoms with Gasteiger partial charge in [0.15, 0.2) is 0 Å². The van der Waals surface area contributed by atoms with E-state index >= 15 is 0 Å². The van der Waals surface area contributed by atoms with Crippen molar-refractivity contribution in [1.29, 1.82) is 0 Å². The Labute approximate surface area is 135 Å². The summed E-state index contributed by atoms with van der Waals surface area (Å²) in [5, 5.41) is 3.23. The molecule has 1 aromatic heterocycles. The number of hydrogen-bond donors (Lipinski definition) is 0. The minimum Gasteiger partial charge on any atom is -0.494 e. The molecule has 0 unspecified atom stereocenters. The molecule has 2 aromatic rings. The fourth-order valence-electron chi connectivity index (χ4n) is 2.73. The van der Waals surface area contributed by atoms with Crippen molar-refractivity contribution in [1.82, 2.24) is 4.98 Å². The van der Waals surface area contributed by atoms with Crippen molar-refractivity contribution in [3.63, 3.8) is 0 Å². The van der Waals surface area contributed by atoms with Gasteiger partial charge in [-0.25, -0.2) is 4.98 Å². The predicted molar refractivity (Wildman–Crippen MR) is 88.6 cm³/mol. The number of halogens is 1. The van der Waals surface area contributed by atoms with Gasteiger partial charge in [0.1, 0.15) is 5.75 Å². The van der Waals surface area contributed by atoms with E-state index in [0.717, 1.165) is 37.3 Å².